The minimum absolute atomic E-state index is 0.00694. The number of nitrogen functional groups attached to an aromatic ring is 1. The topological polar surface area (TPSA) is 61.5 Å². The van der Waals surface area contributed by atoms with Crippen molar-refractivity contribution in [3.05, 3.63) is 23.5 Å². The van der Waals surface area contributed by atoms with Gasteiger partial charge in [0.15, 0.2) is 0 Å². The molecule has 1 aromatic rings. The minimum Gasteiger partial charge on any atom is -0.505 e. The van der Waals surface area contributed by atoms with Crippen molar-refractivity contribution in [3.8, 4) is 5.75 Å². The molecule has 1 atom stereocenters. The monoisotopic (exact) mass is 281 g/mol. The van der Waals surface area contributed by atoms with Crippen LogP contribution in [0.1, 0.15) is 32.4 Å². The molecule has 112 valence electrons. The van der Waals surface area contributed by atoms with E-state index in [9.17, 15) is 9.50 Å². The summed E-state index contributed by atoms with van der Waals surface area (Å²) in [5.74, 6) is -0.692. The molecular weight excluding hydrogens is 257 g/mol. The molecule has 0 aliphatic carbocycles. The molecule has 4 nitrogen and oxygen atoms in total. The fraction of sp³-hybridized carbons (Fsp3) is 0.600. The quantitative estimate of drug-likeness (QED) is 0.574. The third-order valence-corrected chi connectivity index (χ3v) is 3.83. The van der Waals surface area contributed by atoms with Gasteiger partial charge in [-0.2, -0.15) is 0 Å². The third kappa shape index (κ3) is 2.88. The number of benzene rings is 1. The van der Waals surface area contributed by atoms with Crippen molar-refractivity contribution in [1.29, 1.82) is 0 Å². The standard InChI is InChI=1S/C15H24FN3O/c1-15(2,3)14(19-8-6-18-7-9-19)10-4-5-11(16)12(17)13(10)20/h4-5,14,18,20H,6-9,17H2,1-3H3/t14-/m1/s1. The molecule has 5 heteroatoms. The van der Waals surface area contributed by atoms with Gasteiger partial charge in [-0.25, -0.2) is 4.39 Å². The number of rotatable bonds is 2. The summed E-state index contributed by atoms with van der Waals surface area (Å²) in [5, 5.41) is 13.6. The van der Waals surface area contributed by atoms with Crippen molar-refractivity contribution in [2.45, 2.75) is 26.8 Å². The van der Waals surface area contributed by atoms with Crippen molar-refractivity contribution >= 4 is 5.69 Å². The zero-order chi connectivity index (χ0) is 14.9. The minimum atomic E-state index is -0.570. The Kier molecular flexibility index (Phi) is 4.20. The van der Waals surface area contributed by atoms with Crippen molar-refractivity contribution < 1.29 is 9.50 Å². The summed E-state index contributed by atoms with van der Waals surface area (Å²) < 4.78 is 13.5. The van der Waals surface area contributed by atoms with Crippen molar-refractivity contribution in [2.75, 3.05) is 31.9 Å². The van der Waals surface area contributed by atoms with Gasteiger partial charge in [0.2, 0.25) is 0 Å². The molecule has 2 rings (SSSR count). The van der Waals surface area contributed by atoms with E-state index in [2.05, 4.69) is 31.0 Å². The molecule has 0 amide bonds. The van der Waals surface area contributed by atoms with Gasteiger partial charge < -0.3 is 16.2 Å². The van der Waals surface area contributed by atoms with Crippen molar-refractivity contribution in [2.24, 2.45) is 5.41 Å². The maximum atomic E-state index is 13.5. The van der Waals surface area contributed by atoms with E-state index < -0.39 is 5.82 Å². The second-order valence-corrected chi connectivity index (χ2v) is 6.45. The molecule has 0 unspecified atom stereocenters. The number of nitrogens with two attached hydrogens (primary N) is 1. The Morgan fingerprint density at radius 3 is 2.45 bits per heavy atom. The first kappa shape index (κ1) is 15.1. The van der Waals surface area contributed by atoms with Gasteiger partial charge in [0.1, 0.15) is 17.3 Å². The Hall–Kier alpha value is -1.33. The van der Waals surface area contributed by atoms with E-state index in [-0.39, 0.29) is 22.9 Å². The van der Waals surface area contributed by atoms with E-state index in [1.807, 2.05) is 0 Å². The van der Waals surface area contributed by atoms with Gasteiger partial charge in [-0.3, -0.25) is 4.90 Å². The molecular formula is C15H24FN3O. The van der Waals surface area contributed by atoms with Gasteiger partial charge in [-0.1, -0.05) is 26.8 Å². The Morgan fingerprint density at radius 2 is 1.90 bits per heavy atom. The number of nitrogens with zero attached hydrogens (tertiary/aromatic N) is 1. The van der Waals surface area contributed by atoms with E-state index in [0.29, 0.717) is 5.56 Å². The van der Waals surface area contributed by atoms with Crippen LogP contribution in [0.25, 0.3) is 0 Å². The lowest BCUT2D eigenvalue weighted by Gasteiger charge is -2.42. The maximum absolute atomic E-state index is 13.5. The predicted molar refractivity (Wildman–Crippen MR) is 79.1 cm³/mol. The maximum Gasteiger partial charge on any atom is 0.149 e. The molecule has 0 saturated carbocycles. The summed E-state index contributed by atoms with van der Waals surface area (Å²) in [4.78, 5) is 2.32. The van der Waals surface area contributed by atoms with E-state index in [1.54, 1.807) is 6.07 Å². The summed E-state index contributed by atoms with van der Waals surface area (Å²) in [7, 11) is 0. The van der Waals surface area contributed by atoms with Crippen LogP contribution in [0.5, 0.6) is 5.75 Å². The molecule has 1 aliphatic rings. The third-order valence-electron chi connectivity index (χ3n) is 3.83. The molecule has 0 radical (unpaired) electrons. The Balaban J connectivity index is 2.44. The Bertz CT molecular complexity index is 479. The molecule has 1 saturated heterocycles. The molecule has 0 spiro atoms. The van der Waals surface area contributed by atoms with Crippen LogP contribution in [0.3, 0.4) is 0 Å². The summed E-state index contributed by atoms with van der Waals surface area (Å²) in [6.07, 6.45) is 0. The van der Waals surface area contributed by atoms with Crippen LogP contribution in [0.2, 0.25) is 0 Å². The van der Waals surface area contributed by atoms with Crippen LogP contribution in [-0.2, 0) is 0 Å². The normalized spacial score (nSPS) is 19.0. The van der Waals surface area contributed by atoms with E-state index >= 15 is 0 Å². The first-order chi connectivity index (χ1) is 9.32. The van der Waals surface area contributed by atoms with E-state index in [0.717, 1.165) is 26.2 Å². The van der Waals surface area contributed by atoms with Crippen LogP contribution in [0, 0.1) is 11.2 Å². The lowest BCUT2D eigenvalue weighted by molar-refractivity contribution is 0.0842. The molecule has 0 bridgehead atoms. The number of anilines is 1. The molecule has 1 fully saturated rings. The predicted octanol–water partition coefficient (Wildman–Crippen LogP) is 2.11. The largest absolute Gasteiger partial charge is 0.505 e. The van der Waals surface area contributed by atoms with Crippen LogP contribution in [-0.4, -0.2) is 36.2 Å². The zero-order valence-corrected chi connectivity index (χ0v) is 12.4. The molecule has 1 heterocycles. The van der Waals surface area contributed by atoms with Crippen LogP contribution in [0.15, 0.2) is 12.1 Å². The summed E-state index contributed by atoms with van der Waals surface area (Å²) in [6, 6.07) is 3.00. The van der Waals surface area contributed by atoms with Crippen molar-refractivity contribution in [1.82, 2.24) is 10.2 Å². The Morgan fingerprint density at radius 1 is 1.30 bits per heavy atom. The highest BCUT2D eigenvalue weighted by Gasteiger charge is 2.34. The molecule has 1 aromatic carbocycles. The summed E-state index contributed by atoms with van der Waals surface area (Å²) in [5.41, 5.74) is 6.10. The average molecular weight is 281 g/mol. The number of nitrogens with one attached hydrogen (secondary N) is 1. The number of piperazine rings is 1. The molecule has 4 N–H and O–H groups in total. The number of hydrogen-bond donors (Lipinski definition) is 3. The first-order valence-electron chi connectivity index (χ1n) is 7.04. The van der Waals surface area contributed by atoms with E-state index in [1.165, 1.54) is 6.07 Å². The molecule has 0 aromatic heterocycles. The summed E-state index contributed by atoms with van der Waals surface area (Å²) >= 11 is 0. The number of phenolic OH excluding ortho intramolecular Hbond substituents is 1. The average Bonchev–Trinajstić information content (AvgIpc) is 2.39. The zero-order valence-electron chi connectivity index (χ0n) is 12.4. The number of aromatic hydroxyl groups is 1. The number of halogens is 1. The number of phenols is 1. The lowest BCUT2D eigenvalue weighted by Crippen LogP contribution is -2.48. The highest BCUT2D eigenvalue weighted by molar-refractivity contribution is 5.58. The number of hydrogen-bond acceptors (Lipinski definition) is 4. The fourth-order valence-corrected chi connectivity index (χ4v) is 2.97. The lowest BCUT2D eigenvalue weighted by atomic mass is 9.80. The Labute approximate surface area is 119 Å². The molecule has 20 heavy (non-hydrogen) atoms. The van der Waals surface area contributed by atoms with Gasteiger partial charge in [0, 0.05) is 37.8 Å². The molecule has 1 aliphatic heterocycles. The SMILES string of the molecule is CC(C)(C)[C@@H](c1ccc(F)c(N)c1O)N1CCNCC1. The van der Waals surface area contributed by atoms with Gasteiger partial charge in [0.05, 0.1) is 0 Å². The van der Waals surface area contributed by atoms with Gasteiger partial charge in [0.25, 0.3) is 0 Å². The van der Waals surface area contributed by atoms with Crippen LogP contribution >= 0.6 is 0 Å². The van der Waals surface area contributed by atoms with Gasteiger partial charge in [-0.15, -0.1) is 0 Å². The second kappa shape index (κ2) is 5.58. The second-order valence-electron chi connectivity index (χ2n) is 6.45. The smallest absolute Gasteiger partial charge is 0.149 e. The highest BCUT2D eigenvalue weighted by atomic mass is 19.1. The first-order valence-corrected chi connectivity index (χ1v) is 7.04. The summed E-state index contributed by atoms with van der Waals surface area (Å²) in [6.45, 7) is 10.0. The van der Waals surface area contributed by atoms with Gasteiger partial charge in [-0.05, 0) is 11.5 Å². The fourth-order valence-electron chi connectivity index (χ4n) is 2.97. The van der Waals surface area contributed by atoms with Gasteiger partial charge >= 0.3 is 0 Å². The van der Waals surface area contributed by atoms with Crippen molar-refractivity contribution in [3.63, 3.8) is 0 Å². The highest BCUT2D eigenvalue weighted by Crippen LogP contribution is 2.43. The van der Waals surface area contributed by atoms with Crippen LogP contribution in [0.4, 0.5) is 10.1 Å². The van der Waals surface area contributed by atoms with Crippen LogP contribution < -0.4 is 11.1 Å². The van der Waals surface area contributed by atoms with E-state index in [4.69, 9.17) is 5.73 Å².